The standard InChI is InChI=1S/C21H31NO5/c1-6-20(18(23)25-4)14-11-15-21(7-2,19(24)26-5)22(20)27-16(3)17-12-9-8-10-13-17/h8-10,12-13,16H,6-7,11,14-15H2,1-5H3/t16?,20-,21+. The molecule has 0 N–H and O–H groups in total. The van der Waals surface area contributed by atoms with E-state index in [-0.39, 0.29) is 18.0 Å². The van der Waals surface area contributed by atoms with Gasteiger partial charge in [-0.15, -0.1) is 0 Å². The molecule has 0 aliphatic carbocycles. The first kappa shape index (κ1) is 21.4. The Bertz CT molecular complexity index is 617. The fourth-order valence-corrected chi connectivity index (χ4v) is 4.11. The third-order valence-electron chi connectivity index (χ3n) is 5.79. The van der Waals surface area contributed by atoms with Gasteiger partial charge < -0.3 is 9.47 Å². The average molecular weight is 377 g/mol. The summed E-state index contributed by atoms with van der Waals surface area (Å²) in [5.74, 6) is -0.765. The van der Waals surface area contributed by atoms with E-state index in [4.69, 9.17) is 14.3 Å². The van der Waals surface area contributed by atoms with Crippen molar-refractivity contribution in [2.75, 3.05) is 14.2 Å². The molecule has 1 aliphatic rings. The summed E-state index contributed by atoms with van der Waals surface area (Å²) in [6, 6.07) is 9.74. The van der Waals surface area contributed by atoms with E-state index in [1.807, 2.05) is 51.1 Å². The Balaban J connectivity index is 2.54. The molecule has 0 amide bonds. The molecule has 150 valence electrons. The van der Waals surface area contributed by atoms with Crippen LogP contribution in [0.25, 0.3) is 0 Å². The predicted octanol–water partition coefficient (Wildman–Crippen LogP) is 3.81. The van der Waals surface area contributed by atoms with E-state index >= 15 is 0 Å². The number of carbonyl (C=O) groups excluding carboxylic acids is 2. The van der Waals surface area contributed by atoms with E-state index in [0.717, 1.165) is 5.56 Å². The van der Waals surface area contributed by atoms with Gasteiger partial charge >= 0.3 is 11.9 Å². The zero-order chi connectivity index (χ0) is 20.1. The molecular weight excluding hydrogens is 346 g/mol. The van der Waals surface area contributed by atoms with Crippen molar-refractivity contribution >= 4 is 11.9 Å². The van der Waals surface area contributed by atoms with Gasteiger partial charge in [0.25, 0.3) is 0 Å². The van der Waals surface area contributed by atoms with E-state index in [9.17, 15) is 9.59 Å². The van der Waals surface area contributed by atoms with Gasteiger partial charge in [-0.1, -0.05) is 44.2 Å². The summed E-state index contributed by atoms with van der Waals surface area (Å²) < 4.78 is 10.3. The highest BCUT2D eigenvalue weighted by molar-refractivity contribution is 5.85. The molecule has 0 aromatic heterocycles. The average Bonchev–Trinajstić information content (AvgIpc) is 2.73. The van der Waals surface area contributed by atoms with Crippen LogP contribution in [0.5, 0.6) is 0 Å². The van der Waals surface area contributed by atoms with E-state index in [0.29, 0.717) is 32.1 Å². The lowest BCUT2D eigenvalue weighted by molar-refractivity contribution is -0.313. The highest BCUT2D eigenvalue weighted by Gasteiger charge is 2.60. The molecule has 6 nitrogen and oxygen atoms in total. The largest absolute Gasteiger partial charge is 0.468 e. The minimum atomic E-state index is -1.03. The molecular formula is C21H31NO5. The summed E-state index contributed by atoms with van der Waals surface area (Å²) in [5.41, 5.74) is -1.09. The molecule has 0 spiro atoms. The molecule has 1 aromatic rings. The number of piperidine rings is 1. The van der Waals surface area contributed by atoms with E-state index < -0.39 is 11.1 Å². The van der Waals surface area contributed by atoms with Crippen molar-refractivity contribution in [3.05, 3.63) is 35.9 Å². The predicted molar refractivity (Wildman–Crippen MR) is 102 cm³/mol. The second kappa shape index (κ2) is 8.85. The van der Waals surface area contributed by atoms with Crippen LogP contribution >= 0.6 is 0 Å². The third kappa shape index (κ3) is 3.73. The van der Waals surface area contributed by atoms with Gasteiger partial charge in [-0.2, -0.15) is 5.06 Å². The first-order valence-corrected chi connectivity index (χ1v) is 9.60. The van der Waals surface area contributed by atoms with Crippen LogP contribution in [0.15, 0.2) is 30.3 Å². The van der Waals surface area contributed by atoms with Gasteiger partial charge in [0.1, 0.15) is 17.2 Å². The first-order chi connectivity index (χ1) is 12.9. The minimum Gasteiger partial charge on any atom is -0.468 e. The van der Waals surface area contributed by atoms with Crippen LogP contribution in [0, 0.1) is 0 Å². The molecule has 3 atom stereocenters. The Morgan fingerprint density at radius 3 is 1.89 bits per heavy atom. The number of esters is 2. The Morgan fingerprint density at radius 1 is 1.00 bits per heavy atom. The van der Waals surface area contributed by atoms with E-state index in [2.05, 4.69) is 0 Å². The van der Waals surface area contributed by atoms with Gasteiger partial charge in [-0.05, 0) is 44.6 Å². The third-order valence-corrected chi connectivity index (χ3v) is 5.79. The van der Waals surface area contributed by atoms with Crippen LogP contribution < -0.4 is 0 Å². The van der Waals surface area contributed by atoms with Crippen molar-refractivity contribution in [2.24, 2.45) is 0 Å². The quantitative estimate of drug-likeness (QED) is 0.673. The molecule has 1 unspecified atom stereocenters. The summed E-state index contributed by atoms with van der Waals surface area (Å²) in [4.78, 5) is 32.1. The Labute approximate surface area is 161 Å². The van der Waals surface area contributed by atoms with Crippen molar-refractivity contribution < 1.29 is 23.9 Å². The number of ether oxygens (including phenoxy) is 2. The lowest BCUT2D eigenvalue weighted by atomic mass is 9.75. The van der Waals surface area contributed by atoms with Gasteiger partial charge in [-0.3, -0.25) is 4.84 Å². The number of rotatable bonds is 7. The monoisotopic (exact) mass is 377 g/mol. The maximum absolute atomic E-state index is 12.9. The second-order valence-corrected chi connectivity index (χ2v) is 7.06. The fourth-order valence-electron chi connectivity index (χ4n) is 4.11. The van der Waals surface area contributed by atoms with Crippen LogP contribution in [-0.2, 0) is 23.9 Å². The van der Waals surface area contributed by atoms with Crippen molar-refractivity contribution in [2.45, 2.75) is 70.1 Å². The maximum Gasteiger partial charge on any atom is 0.328 e. The second-order valence-electron chi connectivity index (χ2n) is 7.06. The van der Waals surface area contributed by atoms with Gasteiger partial charge in [0.05, 0.1) is 14.2 Å². The highest BCUT2D eigenvalue weighted by Crippen LogP contribution is 2.45. The van der Waals surface area contributed by atoms with Crippen LogP contribution in [0.3, 0.4) is 0 Å². The molecule has 0 saturated carbocycles. The fraction of sp³-hybridized carbons (Fsp3) is 0.619. The Kier molecular flexibility index (Phi) is 7.00. The minimum absolute atomic E-state index is 0.338. The number of methoxy groups -OCH3 is 2. The summed E-state index contributed by atoms with van der Waals surface area (Å²) in [7, 11) is 2.75. The zero-order valence-corrected chi connectivity index (χ0v) is 17.0. The number of hydrogen-bond donors (Lipinski definition) is 0. The molecule has 2 rings (SSSR count). The van der Waals surface area contributed by atoms with Crippen LogP contribution in [0.2, 0.25) is 0 Å². The van der Waals surface area contributed by atoms with Gasteiger partial charge in [0.2, 0.25) is 0 Å². The van der Waals surface area contributed by atoms with Gasteiger partial charge in [-0.25, -0.2) is 9.59 Å². The number of hydrogen-bond acceptors (Lipinski definition) is 6. The number of benzene rings is 1. The van der Waals surface area contributed by atoms with Crippen molar-refractivity contribution in [3.8, 4) is 0 Å². The van der Waals surface area contributed by atoms with Gasteiger partial charge in [0.15, 0.2) is 0 Å². The molecule has 1 fully saturated rings. The molecule has 6 heteroatoms. The molecule has 0 radical (unpaired) electrons. The van der Waals surface area contributed by atoms with Crippen LogP contribution in [0.1, 0.15) is 64.5 Å². The topological polar surface area (TPSA) is 65.1 Å². The SMILES string of the molecule is CC[C@@]1(C(=O)OC)CCC[C@](CC)(C(=O)OC)N1OC(C)c1ccccc1. The smallest absolute Gasteiger partial charge is 0.328 e. The molecule has 1 saturated heterocycles. The molecule has 1 heterocycles. The van der Waals surface area contributed by atoms with Crippen LogP contribution in [-0.4, -0.2) is 42.3 Å². The van der Waals surface area contributed by atoms with Crippen LogP contribution in [0.4, 0.5) is 0 Å². The van der Waals surface area contributed by atoms with E-state index in [1.165, 1.54) is 14.2 Å². The molecule has 27 heavy (non-hydrogen) atoms. The van der Waals surface area contributed by atoms with Crippen molar-refractivity contribution in [3.63, 3.8) is 0 Å². The highest BCUT2D eigenvalue weighted by atomic mass is 16.7. The summed E-state index contributed by atoms with van der Waals surface area (Å²) in [5, 5.41) is 1.61. The molecule has 1 aliphatic heterocycles. The number of nitrogens with zero attached hydrogens (tertiary/aromatic N) is 1. The molecule has 1 aromatic carbocycles. The zero-order valence-electron chi connectivity index (χ0n) is 17.0. The first-order valence-electron chi connectivity index (χ1n) is 9.60. The number of hydroxylamine groups is 2. The number of carbonyl (C=O) groups is 2. The summed E-state index contributed by atoms with van der Waals surface area (Å²) in [6.45, 7) is 5.76. The van der Waals surface area contributed by atoms with E-state index in [1.54, 1.807) is 5.06 Å². The van der Waals surface area contributed by atoms with Crippen molar-refractivity contribution in [1.82, 2.24) is 5.06 Å². The van der Waals surface area contributed by atoms with Crippen molar-refractivity contribution in [1.29, 1.82) is 0 Å². The Hall–Kier alpha value is -1.92. The lowest BCUT2D eigenvalue weighted by Gasteiger charge is -2.53. The normalized spacial score (nSPS) is 27.0. The Morgan fingerprint density at radius 2 is 1.48 bits per heavy atom. The summed E-state index contributed by atoms with van der Waals surface area (Å²) in [6.07, 6.45) is 2.45. The maximum atomic E-state index is 12.9. The lowest BCUT2D eigenvalue weighted by Crippen LogP contribution is -2.69. The molecule has 0 bridgehead atoms. The van der Waals surface area contributed by atoms with Gasteiger partial charge in [0, 0.05) is 0 Å². The summed E-state index contributed by atoms with van der Waals surface area (Å²) >= 11 is 0.